The third-order valence-corrected chi connectivity index (χ3v) is 2.70. The molecule has 1 aliphatic rings. The molecule has 1 saturated carbocycles. The molecule has 0 aromatic rings. The highest BCUT2D eigenvalue weighted by Gasteiger charge is 2.19. The van der Waals surface area contributed by atoms with Gasteiger partial charge in [-0.15, -0.1) is 0 Å². The molecule has 0 bridgehead atoms. The van der Waals surface area contributed by atoms with Crippen LogP contribution in [0.5, 0.6) is 0 Å². The van der Waals surface area contributed by atoms with E-state index >= 15 is 0 Å². The summed E-state index contributed by atoms with van der Waals surface area (Å²) in [6.45, 7) is 3.72. The first-order valence-electron chi connectivity index (χ1n) is 4.84. The van der Waals surface area contributed by atoms with E-state index in [0.29, 0.717) is 11.7 Å². The lowest BCUT2D eigenvalue weighted by Gasteiger charge is -2.21. The van der Waals surface area contributed by atoms with Crippen molar-refractivity contribution in [3.05, 3.63) is 23.6 Å². The lowest BCUT2D eigenvalue weighted by molar-refractivity contribution is -0.120. The second kappa shape index (κ2) is 7.83. The van der Waals surface area contributed by atoms with Crippen molar-refractivity contribution in [1.82, 2.24) is 0 Å². The summed E-state index contributed by atoms with van der Waals surface area (Å²) in [6.07, 6.45) is 5.23. The molecule has 14 heavy (non-hydrogen) atoms. The molecule has 0 aromatic carbocycles. The second-order valence-corrected chi connectivity index (χ2v) is 3.40. The monoisotopic (exact) mass is 213 g/mol. The summed E-state index contributed by atoms with van der Waals surface area (Å²) in [5.74, 6) is 0.909. The molecule has 80 valence electrons. The number of carbonyl (C=O) groups excluding carboxylic acids is 1. The van der Waals surface area contributed by atoms with Gasteiger partial charge in [-0.25, -0.2) is 0 Å². The fraction of sp³-hybridized carbons (Fsp3) is 0.545. The second-order valence-electron chi connectivity index (χ2n) is 3.15. The Balaban J connectivity index is 0.000000791. The van der Waals surface area contributed by atoms with Gasteiger partial charge in [-0.05, 0) is 36.8 Å². The summed E-state index contributed by atoms with van der Waals surface area (Å²) in [5.41, 5.74) is 5.67. The zero-order valence-corrected chi connectivity index (χ0v) is 9.59. The van der Waals surface area contributed by atoms with Gasteiger partial charge in [0.25, 0.3) is 0 Å². The molecule has 0 saturated heterocycles. The minimum atomic E-state index is 0.397. The largest absolute Gasteiger partial charge is 0.333 e. The molecule has 1 rings (SSSR count). The maximum absolute atomic E-state index is 10.9. The Bertz CT molecular complexity index is 213. The predicted octanol–water partition coefficient (Wildman–Crippen LogP) is 2.32. The summed E-state index contributed by atoms with van der Waals surface area (Å²) < 4.78 is 0. The van der Waals surface area contributed by atoms with Crippen molar-refractivity contribution < 1.29 is 4.79 Å². The predicted molar refractivity (Wildman–Crippen MR) is 64.3 cm³/mol. The van der Waals surface area contributed by atoms with Gasteiger partial charge in [-0.1, -0.05) is 12.7 Å². The maximum atomic E-state index is 10.9. The average molecular weight is 213 g/mol. The summed E-state index contributed by atoms with van der Waals surface area (Å²) in [6, 6.07) is 0. The van der Waals surface area contributed by atoms with Crippen LogP contribution in [0.3, 0.4) is 0 Å². The highest BCUT2D eigenvalue weighted by molar-refractivity contribution is 7.83. The third kappa shape index (κ3) is 4.11. The first-order valence-corrected chi connectivity index (χ1v) is 5.35. The summed E-state index contributed by atoms with van der Waals surface area (Å²) >= 11 is 4.11. The summed E-state index contributed by atoms with van der Waals surface area (Å²) in [7, 11) is 1.50. The number of nitrogens with two attached hydrogens (primary N) is 1. The van der Waals surface area contributed by atoms with Gasteiger partial charge < -0.3 is 5.73 Å². The van der Waals surface area contributed by atoms with Crippen molar-refractivity contribution in [3.8, 4) is 0 Å². The van der Waals surface area contributed by atoms with Gasteiger partial charge in [0.2, 0.25) is 0 Å². The number of hydrogen-bond acceptors (Lipinski definition) is 3. The first kappa shape index (κ1) is 13.5. The van der Waals surface area contributed by atoms with Gasteiger partial charge in [0.05, 0.1) is 0 Å². The Kier molecular flexibility index (Phi) is 7.52. The first-order chi connectivity index (χ1) is 6.77. The molecule has 3 heteroatoms. The van der Waals surface area contributed by atoms with Crippen LogP contribution in [0.1, 0.15) is 25.7 Å². The molecule has 0 spiro atoms. The van der Waals surface area contributed by atoms with Crippen molar-refractivity contribution in [3.63, 3.8) is 0 Å². The van der Waals surface area contributed by atoms with Crippen molar-refractivity contribution in [2.75, 3.05) is 7.05 Å². The Hall–Kier alpha value is -0.540. The highest BCUT2D eigenvalue weighted by Crippen LogP contribution is 2.28. The zero-order chi connectivity index (χ0) is 11.0. The standard InChI is InChI=1S/C10H14OS.CH5N/c1-2-8(7-12)9-3-5-10(11)6-4-9;1-2/h2,7,9,12H,1,3-6H2;2H2,1H3/b8-7+;. The molecule has 1 aliphatic carbocycles. The van der Waals surface area contributed by atoms with Gasteiger partial charge in [0, 0.05) is 12.8 Å². The SMILES string of the molecule is C=C/C(=C\S)C1CCC(=O)CC1.CN. The van der Waals surface area contributed by atoms with E-state index in [0.717, 1.165) is 25.7 Å². The van der Waals surface area contributed by atoms with Gasteiger partial charge in [0.1, 0.15) is 5.78 Å². The molecule has 0 aliphatic heterocycles. The van der Waals surface area contributed by atoms with Crippen LogP contribution < -0.4 is 5.73 Å². The van der Waals surface area contributed by atoms with E-state index in [2.05, 4.69) is 24.9 Å². The van der Waals surface area contributed by atoms with Crippen molar-refractivity contribution in [2.45, 2.75) is 25.7 Å². The van der Waals surface area contributed by atoms with Crippen LogP contribution in [0.25, 0.3) is 0 Å². The number of rotatable bonds is 2. The number of hydrogen-bond donors (Lipinski definition) is 2. The van der Waals surface area contributed by atoms with E-state index in [1.165, 1.54) is 12.6 Å². The number of thiol groups is 1. The minimum absolute atomic E-state index is 0.397. The van der Waals surface area contributed by atoms with E-state index in [9.17, 15) is 4.79 Å². The molecule has 0 heterocycles. The summed E-state index contributed by atoms with van der Waals surface area (Å²) in [4.78, 5) is 10.9. The van der Waals surface area contributed by atoms with Crippen LogP contribution in [-0.2, 0) is 4.79 Å². The van der Waals surface area contributed by atoms with Gasteiger partial charge in [-0.2, -0.15) is 12.6 Å². The van der Waals surface area contributed by atoms with Crippen LogP contribution in [0, 0.1) is 5.92 Å². The van der Waals surface area contributed by atoms with Crippen molar-refractivity contribution in [2.24, 2.45) is 11.7 Å². The van der Waals surface area contributed by atoms with Gasteiger partial charge in [0.15, 0.2) is 0 Å². The molecule has 0 aromatic heterocycles. The lowest BCUT2D eigenvalue weighted by atomic mass is 9.84. The molecular formula is C11H19NOS. The van der Waals surface area contributed by atoms with Crippen LogP contribution in [0.2, 0.25) is 0 Å². The van der Waals surface area contributed by atoms with Crippen LogP contribution in [0.4, 0.5) is 0 Å². The summed E-state index contributed by atoms with van der Waals surface area (Å²) in [5, 5.41) is 1.80. The third-order valence-electron chi connectivity index (χ3n) is 2.40. The van der Waals surface area contributed by atoms with Crippen LogP contribution in [-0.4, -0.2) is 12.8 Å². The fourth-order valence-electron chi connectivity index (χ4n) is 1.60. The van der Waals surface area contributed by atoms with E-state index < -0.39 is 0 Å². The van der Waals surface area contributed by atoms with E-state index in [-0.39, 0.29) is 0 Å². The zero-order valence-electron chi connectivity index (χ0n) is 8.70. The van der Waals surface area contributed by atoms with E-state index in [4.69, 9.17) is 0 Å². The van der Waals surface area contributed by atoms with E-state index in [1.54, 1.807) is 5.41 Å². The molecule has 1 fully saturated rings. The topological polar surface area (TPSA) is 43.1 Å². The number of ketones is 1. The Labute approximate surface area is 91.7 Å². The smallest absolute Gasteiger partial charge is 0.132 e. The Morgan fingerprint density at radius 2 is 2.00 bits per heavy atom. The molecule has 2 nitrogen and oxygen atoms in total. The van der Waals surface area contributed by atoms with Gasteiger partial charge >= 0.3 is 0 Å². The number of Topliss-reactive ketones (excluding diaryl/α,β-unsaturated/α-hetero) is 1. The number of allylic oxidation sites excluding steroid dienone is 2. The number of carbonyl (C=O) groups is 1. The maximum Gasteiger partial charge on any atom is 0.132 e. The molecule has 2 N–H and O–H groups in total. The van der Waals surface area contributed by atoms with Gasteiger partial charge in [-0.3, -0.25) is 4.79 Å². The molecule has 0 amide bonds. The molecule has 0 radical (unpaired) electrons. The minimum Gasteiger partial charge on any atom is -0.333 e. The quantitative estimate of drug-likeness (QED) is 0.546. The molecule has 0 atom stereocenters. The Morgan fingerprint density at radius 1 is 1.50 bits per heavy atom. The average Bonchev–Trinajstić information content (AvgIpc) is 2.25. The Morgan fingerprint density at radius 3 is 2.36 bits per heavy atom. The van der Waals surface area contributed by atoms with Crippen LogP contribution >= 0.6 is 12.6 Å². The van der Waals surface area contributed by atoms with E-state index in [1.807, 2.05) is 6.08 Å². The van der Waals surface area contributed by atoms with Crippen molar-refractivity contribution >= 4 is 18.4 Å². The molecule has 0 unspecified atom stereocenters. The normalized spacial score (nSPS) is 18.5. The fourth-order valence-corrected chi connectivity index (χ4v) is 1.91. The van der Waals surface area contributed by atoms with Crippen LogP contribution in [0.15, 0.2) is 23.6 Å². The lowest BCUT2D eigenvalue weighted by Crippen LogP contribution is -2.14. The highest BCUT2D eigenvalue weighted by atomic mass is 32.1. The van der Waals surface area contributed by atoms with Crippen molar-refractivity contribution in [1.29, 1.82) is 0 Å². The molecular weight excluding hydrogens is 194 g/mol.